The summed E-state index contributed by atoms with van der Waals surface area (Å²) in [4.78, 5) is 0. The zero-order valence-electron chi connectivity index (χ0n) is 6.88. The standard InChI is InChI=1S/C9H11ClO2/c1-12-8-4-2-3-7(5-6-10)9(8)11/h2-4,11H,5-6H2,1H3. The maximum absolute atomic E-state index is 9.54. The molecule has 2 nitrogen and oxygen atoms in total. The molecule has 66 valence electrons. The number of benzene rings is 1. The van der Waals surface area contributed by atoms with Crippen LogP contribution >= 0.6 is 11.6 Å². The van der Waals surface area contributed by atoms with Crippen molar-refractivity contribution in [3.63, 3.8) is 0 Å². The Morgan fingerprint density at radius 3 is 2.83 bits per heavy atom. The SMILES string of the molecule is COc1cccc(CCCl)c1O. The van der Waals surface area contributed by atoms with Gasteiger partial charge in [0.25, 0.3) is 0 Å². The molecule has 0 heterocycles. The minimum atomic E-state index is 0.195. The summed E-state index contributed by atoms with van der Waals surface area (Å²) in [6.07, 6.45) is 0.657. The Kier molecular flexibility index (Phi) is 3.23. The van der Waals surface area contributed by atoms with E-state index in [0.29, 0.717) is 18.1 Å². The van der Waals surface area contributed by atoms with Crippen molar-refractivity contribution < 1.29 is 9.84 Å². The van der Waals surface area contributed by atoms with Crippen LogP contribution in [0.1, 0.15) is 5.56 Å². The van der Waals surface area contributed by atoms with E-state index in [-0.39, 0.29) is 5.75 Å². The minimum Gasteiger partial charge on any atom is -0.504 e. The molecule has 0 saturated heterocycles. The van der Waals surface area contributed by atoms with E-state index < -0.39 is 0 Å². The van der Waals surface area contributed by atoms with E-state index in [2.05, 4.69) is 0 Å². The van der Waals surface area contributed by atoms with Crippen LogP contribution in [0.5, 0.6) is 11.5 Å². The fraction of sp³-hybridized carbons (Fsp3) is 0.333. The van der Waals surface area contributed by atoms with Crippen molar-refractivity contribution in [2.24, 2.45) is 0 Å². The monoisotopic (exact) mass is 186 g/mol. The van der Waals surface area contributed by atoms with Crippen molar-refractivity contribution >= 4 is 11.6 Å². The van der Waals surface area contributed by atoms with E-state index in [1.807, 2.05) is 12.1 Å². The first-order valence-corrected chi connectivity index (χ1v) is 4.24. The lowest BCUT2D eigenvalue weighted by molar-refractivity contribution is 0.371. The van der Waals surface area contributed by atoms with E-state index in [9.17, 15) is 5.11 Å². The van der Waals surface area contributed by atoms with Crippen LogP contribution in [0.15, 0.2) is 18.2 Å². The van der Waals surface area contributed by atoms with E-state index in [1.54, 1.807) is 6.07 Å². The first-order chi connectivity index (χ1) is 5.79. The van der Waals surface area contributed by atoms with Crippen molar-refractivity contribution in [3.8, 4) is 11.5 Å². The molecule has 0 radical (unpaired) electrons. The predicted molar refractivity (Wildman–Crippen MR) is 49.1 cm³/mol. The maximum Gasteiger partial charge on any atom is 0.160 e. The second kappa shape index (κ2) is 4.21. The highest BCUT2D eigenvalue weighted by molar-refractivity contribution is 6.18. The Hall–Kier alpha value is -0.890. The molecule has 0 spiro atoms. The van der Waals surface area contributed by atoms with E-state index in [0.717, 1.165) is 5.56 Å². The van der Waals surface area contributed by atoms with Crippen LogP contribution < -0.4 is 4.74 Å². The fourth-order valence-electron chi connectivity index (χ4n) is 1.04. The molecule has 1 aromatic rings. The molecule has 1 aromatic carbocycles. The van der Waals surface area contributed by atoms with Crippen LogP contribution in [0, 0.1) is 0 Å². The number of ether oxygens (including phenoxy) is 1. The first kappa shape index (κ1) is 9.20. The molecule has 0 fully saturated rings. The van der Waals surface area contributed by atoms with Gasteiger partial charge in [-0.05, 0) is 18.1 Å². The Labute approximate surface area is 76.7 Å². The third kappa shape index (κ3) is 1.83. The van der Waals surface area contributed by atoms with Crippen LogP contribution in [0.25, 0.3) is 0 Å². The van der Waals surface area contributed by atoms with Gasteiger partial charge in [0, 0.05) is 5.88 Å². The Balaban J connectivity index is 2.97. The number of rotatable bonds is 3. The number of para-hydroxylation sites is 1. The molecule has 0 bridgehead atoms. The van der Waals surface area contributed by atoms with Gasteiger partial charge in [-0.2, -0.15) is 0 Å². The summed E-state index contributed by atoms with van der Waals surface area (Å²) in [6, 6.07) is 5.38. The Bertz CT molecular complexity index is 261. The van der Waals surface area contributed by atoms with Gasteiger partial charge in [0.1, 0.15) is 0 Å². The smallest absolute Gasteiger partial charge is 0.160 e. The summed E-state index contributed by atoms with van der Waals surface area (Å²) >= 11 is 5.55. The van der Waals surface area contributed by atoms with Gasteiger partial charge < -0.3 is 9.84 Å². The summed E-state index contributed by atoms with van der Waals surface area (Å²) in [5.74, 6) is 1.19. The Morgan fingerprint density at radius 1 is 1.50 bits per heavy atom. The highest BCUT2D eigenvalue weighted by Crippen LogP contribution is 2.29. The number of phenols is 1. The summed E-state index contributed by atoms with van der Waals surface area (Å²) in [6.45, 7) is 0. The summed E-state index contributed by atoms with van der Waals surface area (Å²) in [7, 11) is 1.53. The highest BCUT2D eigenvalue weighted by atomic mass is 35.5. The highest BCUT2D eigenvalue weighted by Gasteiger charge is 2.05. The average molecular weight is 187 g/mol. The third-order valence-electron chi connectivity index (χ3n) is 1.67. The van der Waals surface area contributed by atoms with Gasteiger partial charge >= 0.3 is 0 Å². The molecule has 0 saturated carbocycles. The predicted octanol–water partition coefficient (Wildman–Crippen LogP) is 2.18. The van der Waals surface area contributed by atoms with Crippen molar-refractivity contribution in [3.05, 3.63) is 23.8 Å². The quantitative estimate of drug-likeness (QED) is 0.734. The average Bonchev–Trinajstić information content (AvgIpc) is 2.09. The fourth-order valence-corrected chi connectivity index (χ4v) is 1.24. The van der Waals surface area contributed by atoms with Gasteiger partial charge in [0.05, 0.1) is 7.11 Å². The number of aromatic hydroxyl groups is 1. The lowest BCUT2D eigenvalue weighted by atomic mass is 10.1. The third-order valence-corrected chi connectivity index (χ3v) is 1.86. The number of halogens is 1. The van der Waals surface area contributed by atoms with Crippen LogP contribution in [0.3, 0.4) is 0 Å². The van der Waals surface area contributed by atoms with Gasteiger partial charge in [0.15, 0.2) is 11.5 Å². The van der Waals surface area contributed by atoms with Gasteiger partial charge in [-0.1, -0.05) is 12.1 Å². The van der Waals surface area contributed by atoms with Crippen molar-refractivity contribution in [1.82, 2.24) is 0 Å². The van der Waals surface area contributed by atoms with Gasteiger partial charge in [-0.25, -0.2) is 0 Å². The van der Waals surface area contributed by atoms with Crippen molar-refractivity contribution in [1.29, 1.82) is 0 Å². The summed E-state index contributed by atoms with van der Waals surface area (Å²) in [5, 5.41) is 9.54. The van der Waals surface area contributed by atoms with Gasteiger partial charge in [-0.3, -0.25) is 0 Å². The van der Waals surface area contributed by atoms with E-state index in [1.165, 1.54) is 7.11 Å². The largest absolute Gasteiger partial charge is 0.504 e. The first-order valence-electron chi connectivity index (χ1n) is 3.70. The normalized spacial score (nSPS) is 9.83. The second-order valence-corrected chi connectivity index (χ2v) is 2.78. The molecule has 1 N–H and O–H groups in total. The van der Waals surface area contributed by atoms with Crippen molar-refractivity contribution in [2.75, 3.05) is 13.0 Å². The number of hydrogen-bond acceptors (Lipinski definition) is 2. The minimum absolute atomic E-state index is 0.195. The second-order valence-electron chi connectivity index (χ2n) is 2.41. The number of methoxy groups -OCH3 is 1. The molecule has 1 rings (SSSR count). The molecule has 3 heteroatoms. The lowest BCUT2D eigenvalue weighted by Crippen LogP contribution is -1.90. The maximum atomic E-state index is 9.54. The molecule has 0 aliphatic heterocycles. The molecule has 0 aliphatic carbocycles. The topological polar surface area (TPSA) is 29.5 Å². The molecule has 0 unspecified atom stereocenters. The number of hydrogen-bond donors (Lipinski definition) is 1. The van der Waals surface area contributed by atoms with Crippen LogP contribution in [-0.2, 0) is 6.42 Å². The van der Waals surface area contributed by atoms with Crippen LogP contribution in [-0.4, -0.2) is 18.1 Å². The van der Waals surface area contributed by atoms with Crippen LogP contribution in [0.2, 0.25) is 0 Å². The number of aryl methyl sites for hydroxylation is 1. The van der Waals surface area contributed by atoms with E-state index >= 15 is 0 Å². The zero-order chi connectivity index (χ0) is 8.97. The Morgan fingerprint density at radius 2 is 2.25 bits per heavy atom. The molecular formula is C9H11ClO2. The zero-order valence-corrected chi connectivity index (χ0v) is 7.64. The van der Waals surface area contributed by atoms with Gasteiger partial charge in [-0.15, -0.1) is 11.6 Å². The van der Waals surface area contributed by atoms with Crippen LogP contribution in [0.4, 0.5) is 0 Å². The summed E-state index contributed by atoms with van der Waals surface area (Å²) in [5.41, 5.74) is 0.823. The molecular weight excluding hydrogens is 176 g/mol. The summed E-state index contributed by atoms with van der Waals surface area (Å²) < 4.78 is 4.94. The molecule has 0 aromatic heterocycles. The number of phenolic OH excluding ortho intramolecular Hbond substituents is 1. The molecule has 12 heavy (non-hydrogen) atoms. The van der Waals surface area contributed by atoms with Gasteiger partial charge in [0.2, 0.25) is 0 Å². The molecule has 0 amide bonds. The number of alkyl halides is 1. The van der Waals surface area contributed by atoms with Crippen molar-refractivity contribution in [2.45, 2.75) is 6.42 Å². The molecule has 0 aliphatic rings. The molecule has 0 atom stereocenters. The van der Waals surface area contributed by atoms with E-state index in [4.69, 9.17) is 16.3 Å². The lowest BCUT2D eigenvalue weighted by Gasteiger charge is -2.06.